The predicted octanol–water partition coefficient (Wildman–Crippen LogP) is 4.12. The normalized spacial score (nSPS) is 12.8. The van der Waals surface area contributed by atoms with Crippen molar-refractivity contribution in [1.29, 1.82) is 0 Å². The highest BCUT2D eigenvalue weighted by atomic mass is 16.5. The Morgan fingerprint density at radius 3 is 2.35 bits per heavy atom. The van der Waals surface area contributed by atoms with Gasteiger partial charge in [-0.3, -0.25) is 9.59 Å². The molecular formula is C19H32O4. The molecule has 0 radical (unpaired) electrons. The first-order valence-corrected chi connectivity index (χ1v) is 8.69. The Morgan fingerprint density at radius 1 is 1.00 bits per heavy atom. The number of rotatable bonds is 14. The predicted molar refractivity (Wildman–Crippen MR) is 93.2 cm³/mol. The number of esters is 1. The van der Waals surface area contributed by atoms with Gasteiger partial charge in [-0.2, -0.15) is 0 Å². The summed E-state index contributed by atoms with van der Waals surface area (Å²) in [4.78, 5) is 22.7. The third-order valence-electron chi connectivity index (χ3n) is 3.62. The first-order chi connectivity index (χ1) is 11.1. The van der Waals surface area contributed by atoms with Gasteiger partial charge in [0, 0.05) is 12.8 Å². The summed E-state index contributed by atoms with van der Waals surface area (Å²) >= 11 is 0. The van der Waals surface area contributed by atoms with Crippen LogP contribution in [0.15, 0.2) is 24.3 Å². The van der Waals surface area contributed by atoms with E-state index >= 15 is 0 Å². The summed E-state index contributed by atoms with van der Waals surface area (Å²) in [6, 6.07) is 0. The standard InChI is InChI=1S/C19H32O4/c1-3-4-5-6-8-11-14-17(20)18(21)15-12-9-7-10-13-16-19(22)23-2/h4-5,8,11,18,21H,3,6-7,9-10,12-16H2,1-2H3/b5-4+,11-8+/t18-/m1/s1. The molecule has 0 amide bonds. The molecule has 4 heteroatoms. The molecular weight excluding hydrogens is 292 g/mol. The van der Waals surface area contributed by atoms with Gasteiger partial charge in [0.05, 0.1) is 7.11 Å². The highest BCUT2D eigenvalue weighted by Gasteiger charge is 2.12. The Bertz CT molecular complexity index is 372. The topological polar surface area (TPSA) is 63.6 Å². The molecule has 132 valence electrons. The van der Waals surface area contributed by atoms with Crippen molar-refractivity contribution in [1.82, 2.24) is 0 Å². The lowest BCUT2D eigenvalue weighted by atomic mass is 10.0. The van der Waals surface area contributed by atoms with Gasteiger partial charge >= 0.3 is 5.97 Å². The van der Waals surface area contributed by atoms with Gasteiger partial charge in [-0.15, -0.1) is 0 Å². The van der Waals surface area contributed by atoms with Crippen LogP contribution in [0.1, 0.15) is 71.1 Å². The van der Waals surface area contributed by atoms with Crippen molar-refractivity contribution in [2.24, 2.45) is 0 Å². The Hall–Kier alpha value is -1.42. The zero-order chi connectivity index (χ0) is 17.3. The second-order valence-electron chi connectivity index (χ2n) is 5.66. The molecule has 0 heterocycles. The molecule has 0 aromatic rings. The van der Waals surface area contributed by atoms with Crippen LogP contribution in [-0.4, -0.2) is 30.1 Å². The molecule has 0 aromatic heterocycles. The number of Topliss-reactive ketones (excluding diaryl/α,β-unsaturated/α-hetero) is 1. The molecule has 0 bridgehead atoms. The number of unbranched alkanes of at least 4 members (excludes halogenated alkanes) is 4. The molecule has 0 aromatic carbocycles. The Labute approximate surface area is 140 Å². The largest absolute Gasteiger partial charge is 0.469 e. The second kappa shape index (κ2) is 15.5. The molecule has 0 saturated carbocycles. The maximum atomic E-state index is 11.7. The van der Waals surface area contributed by atoms with Crippen molar-refractivity contribution in [3.05, 3.63) is 24.3 Å². The summed E-state index contributed by atoms with van der Waals surface area (Å²) in [5, 5.41) is 9.81. The van der Waals surface area contributed by atoms with Crippen LogP contribution in [0.3, 0.4) is 0 Å². The van der Waals surface area contributed by atoms with E-state index in [1.807, 2.05) is 12.2 Å². The molecule has 23 heavy (non-hydrogen) atoms. The summed E-state index contributed by atoms with van der Waals surface area (Å²) in [5.41, 5.74) is 0. The van der Waals surface area contributed by atoms with Crippen LogP contribution in [0.4, 0.5) is 0 Å². The summed E-state index contributed by atoms with van der Waals surface area (Å²) in [6.07, 6.45) is 14.9. The van der Waals surface area contributed by atoms with Gasteiger partial charge in [-0.1, -0.05) is 56.9 Å². The average molecular weight is 324 g/mol. The van der Waals surface area contributed by atoms with E-state index in [9.17, 15) is 14.7 Å². The van der Waals surface area contributed by atoms with Gasteiger partial charge in [-0.25, -0.2) is 0 Å². The SMILES string of the molecule is CC/C=C/C/C=C/CC(=O)[C@H](O)CCCCCCCC(=O)OC. The molecule has 0 unspecified atom stereocenters. The van der Waals surface area contributed by atoms with Crippen molar-refractivity contribution in [2.45, 2.75) is 77.2 Å². The van der Waals surface area contributed by atoms with Crippen LogP contribution >= 0.6 is 0 Å². The number of carbonyl (C=O) groups excluding carboxylic acids is 2. The van der Waals surface area contributed by atoms with Crippen molar-refractivity contribution >= 4 is 11.8 Å². The summed E-state index contributed by atoms with van der Waals surface area (Å²) in [7, 11) is 1.40. The van der Waals surface area contributed by atoms with Crippen LogP contribution in [0, 0.1) is 0 Å². The van der Waals surface area contributed by atoms with Crippen LogP contribution < -0.4 is 0 Å². The van der Waals surface area contributed by atoms with Crippen LogP contribution in [0.5, 0.6) is 0 Å². The number of allylic oxidation sites excluding steroid dienone is 4. The zero-order valence-electron chi connectivity index (χ0n) is 14.6. The summed E-state index contributed by atoms with van der Waals surface area (Å²) in [6.45, 7) is 2.08. The van der Waals surface area contributed by atoms with Crippen molar-refractivity contribution < 1.29 is 19.4 Å². The number of carbonyl (C=O) groups is 2. The van der Waals surface area contributed by atoms with E-state index in [1.165, 1.54) is 7.11 Å². The third-order valence-corrected chi connectivity index (χ3v) is 3.62. The van der Waals surface area contributed by atoms with E-state index in [2.05, 4.69) is 23.8 Å². The molecule has 0 rings (SSSR count). The lowest BCUT2D eigenvalue weighted by Crippen LogP contribution is -2.19. The van der Waals surface area contributed by atoms with Crippen LogP contribution in [-0.2, 0) is 14.3 Å². The molecule has 0 aliphatic carbocycles. The van der Waals surface area contributed by atoms with Gasteiger partial charge in [0.2, 0.25) is 0 Å². The van der Waals surface area contributed by atoms with Gasteiger partial charge in [0.25, 0.3) is 0 Å². The minimum Gasteiger partial charge on any atom is -0.469 e. The molecule has 0 saturated heterocycles. The quantitative estimate of drug-likeness (QED) is 0.296. The van der Waals surface area contributed by atoms with Gasteiger partial charge in [-0.05, 0) is 25.7 Å². The first kappa shape index (κ1) is 21.6. The van der Waals surface area contributed by atoms with Gasteiger partial charge in [0.1, 0.15) is 6.10 Å². The fourth-order valence-electron chi connectivity index (χ4n) is 2.17. The average Bonchev–Trinajstić information content (AvgIpc) is 2.56. The lowest BCUT2D eigenvalue weighted by molar-refractivity contribution is -0.140. The first-order valence-electron chi connectivity index (χ1n) is 8.69. The van der Waals surface area contributed by atoms with Crippen molar-refractivity contribution in [3.63, 3.8) is 0 Å². The number of methoxy groups -OCH3 is 1. The maximum Gasteiger partial charge on any atom is 0.305 e. The van der Waals surface area contributed by atoms with E-state index in [0.29, 0.717) is 19.3 Å². The molecule has 0 aliphatic rings. The molecule has 1 N–H and O–H groups in total. The van der Waals surface area contributed by atoms with E-state index in [0.717, 1.165) is 44.9 Å². The number of ketones is 1. The highest BCUT2D eigenvalue weighted by molar-refractivity contribution is 5.84. The second-order valence-corrected chi connectivity index (χ2v) is 5.66. The van der Waals surface area contributed by atoms with Gasteiger partial charge in [0.15, 0.2) is 5.78 Å². The number of ether oxygens (including phenoxy) is 1. The minimum absolute atomic E-state index is 0.105. The molecule has 1 atom stereocenters. The lowest BCUT2D eigenvalue weighted by Gasteiger charge is -2.08. The molecule has 4 nitrogen and oxygen atoms in total. The summed E-state index contributed by atoms with van der Waals surface area (Å²) < 4.78 is 4.58. The van der Waals surface area contributed by atoms with E-state index in [-0.39, 0.29) is 11.8 Å². The zero-order valence-corrected chi connectivity index (χ0v) is 14.6. The third kappa shape index (κ3) is 13.9. The Kier molecular flexibility index (Phi) is 14.5. The number of hydrogen-bond acceptors (Lipinski definition) is 4. The molecule has 0 fully saturated rings. The Balaban J connectivity index is 3.57. The molecule has 0 spiro atoms. The number of hydrogen-bond donors (Lipinski definition) is 1. The number of aliphatic hydroxyl groups excluding tert-OH is 1. The summed E-state index contributed by atoms with van der Waals surface area (Å²) in [5.74, 6) is -0.268. The maximum absolute atomic E-state index is 11.7. The monoisotopic (exact) mass is 324 g/mol. The molecule has 0 aliphatic heterocycles. The highest BCUT2D eigenvalue weighted by Crippen LogP contribution is 2.10. The Morgan fingerprint density at radius 2 is 1.65 bits per heavy atom. The van der Waals surface area contributed by atoms with E-state index in [4.69, 9.17) is 0 Å². The van der Waals surface area contributed by atoms with Crippen LogP contribution in [0.25, 0.3) is 0 Å². The number of aliphatic hydroxyl groups is 1. The van der Waals surface area contributed by atoms with Gasteiger partial charge < -0.3 is 9.84 Å². The van der Waals surface area contributed by atoms with E-state index < -0.39 is 6.10 Å². The van der Waals surface area contributed by atoms with Crippen molar-refractivity contribution in [3.8, 4) is 0 Å². The van der Waals surface area contributed by atoms with Crippen molar-refractivity contribution in [2.75, 3.05) is 7.11 Å². The fourth-order valence-corrected chi connectivity index (χ4v) is 2.17. The minimum atomic E-state index is -0.846. The smallest absolute Gasteiger partial charge is 0.305 e. The van der Waals surface area contributed by atoms with E-state index in [1.54, 1.807) is 0 Å². The fraction of sp³-hybridized carbons (Fsp3) is 0.684. The van der Waals surface area contributed by atoms with Crippen LogP contribution in [0.2, 0.25) is 0 Å².